The Balaban J connectivity index is 1.52. The molecule has 2 N–H and O–H groups in total. The van der Waals surface area contributed by atoms with Crippen LogP contribution in [-0.2, 0) is 4.74 Å². The minimum absolute atomic E-state index is 0.275. The summed E-state index contributed by atoms with van der Waals surface area (Å²) in [7, 11) is 0. The molecule has 2 saturated heterocycles. The standard InChI is InChI=1S/C16H30N2O/c17-9-3-14-4-10-18(11-5-14)15-6-12-19-16(13-15)7-1-2-8-16/h14-15H,1-13,17H2. The lowest BCUT2D eigenvalue weighted by atomic mass is 9.86. The van der Waals surface area contributed by atoms with E-state index >= 15 is 0 Å². The molecule has 1 atom stereocenters. The first kappa shape index (κ1) is 13.8. The molecule has 0 amide bonds. The average molecular weight is 266 g/mol. The van der Waals surface area contributed by atoms with E-state index in [1.165, 1.54) is 70.9 Å². The highest BCUT2D eigenvalue weighted by Gasteiger charge is 2.41. The van der Waals surface area contributed by atoms with Gasteiger partial charge in [-0.05, 0) is 70.5 Å². The maximum atomic E-state index is 6.16. The van der Waals surface area contributed by atoms with Crippen LogP contribution in [0.15, 0.2) is 0 Å². The molecule has 0 aromatic carbocycles. The van der Waals surface area contributed by atoms with E-state index in [-0.39, 0.29) is 5.60 Å². The summed E-state index contributed by atoms with van der Waals surface area (Å²) in [6.45, 7) is 4.45. The van der Waals surface area contributed by atoms with Gasteiger partial charge in [0.25, 0.3) is 0 Å². The zero-order chi connectivity index (χ0) is 13.1. The maximum Gasteiger partial charge on any atom is 0.0697 e. The van der Waals surface area contributed by atoms with Gasteiger partial charge in [0.2, 0.25) is 0 Å². The number of hydrogen-bond acceptors (Lipinski definition) is 3. The monoisotopic (exact) mass is 266 g/mol. The van der Waals surface area contributed by atoms with E-state index in [1.807, 2.05) is 0 Å². The van der Waals surface area contributed by atoms with Gasteiger partial charge in [-0.1, -0.05) is 12.8 Å². The molecule has 0 aromatic rings. The number of piperidine rings is 1. The third-order valence-electron chi connectivity index (χ3n) is 5.72. The molecule has 3 heteroatoms. The fourth-order valence-corrected chi connectivity index (χ4v) is 4.52. The fraction of sp³-hybridized carbons (Fsp3) is 1.00. The number of likely N-dealkylation sites (tertiary alicyclic amines) is 1. The van der Waals surface area contributed by atoms with Crippen molar-refractivity contribution < 1.29 is 4.74 Å². The largest absolute Gasteiger partial charge is 0.375 e. The molecule has 1 spiro atoms. The highest BCUT2D eigenvalue weighted by Crippen LogP contribution is 2.41. The van der Waals surface area contributed by atoms with Crippen LogP contribution in [0.2, 0.25) is 0 Å². The summed E-state index contributed by atoms with van der Waals surface area (Å²) in [4.78, 5) is 2.76. The number of nitrogens with zero attached hydrogens (tertiary/aromatic N) is 1. The lowest BCUT2D eigenvalue weighted by Gasteiger charge is -2.45. The molecular weight excluding hydrogens is 236 g/mol. The maximum absolute atomic E-state index is 6.16. The Morgan fingerprint density at radius 3 is 2.53 bits per heavy atom. The van der Waals surface area contributed by atoms with Crippen molar-refractivity contribution in [2.24, 2.45) is 11.7 Å². The fourth-order valence-electron chi connectivity index (χ4n) is 4.52. The first-order valence-corrected chi connectivity index (χ1v) is 8.39. The predicted molar refractivity (Wildman–Crippen MR) is 78.1 cm³/mol. The summed E-state index contributed by atoms with van der Waals surface area (Å²) in [5.74, 6) is 0.890. The Morgan fingerprint density at radius 2 is 1.84 bits per heavy atom. The smallest absolute Gasteiger partial charge is 0.0697 e. The lowest BCUT2D eigenvalue weighted by molar-refractivity contribution is -0.105. The van der Waals surface area contributed by atoms with Crippen molar-refractivity contribution >= 4 is 0 Å². The summed E-state index contributed by atoms with van der Waals surface area (Å²) in [6, 6.07) is 0.797. The van der Waals surface area contributed by atoms with Crippen LogP contribution in [0, 0.1) is 5.92 Å². The number of hydrogen-bond donors (Lipinski definition) is 1. The zero-order valence-corrected chi connectivity index (χ0v) is 12.3. The Bertz CT molecular complexity index is 280. The van der Waals surface area contributed by atoms with Crippen molar-refractivity contribution in [2.75, 3.05) is 26.2 Å². The molecule has 3 nitrogen and oxygen atoms in total. The molecule has 2 aliphatic heterocycles. The number of ether oxygens (including phenoxy) is 1. The quantitative estimate of drug-likeness (QED) is 0.853. The van der Waals surface area contributed by atoms with Crippen LogP contribution in [0.4, 0.5) is 0 Å². The molecule has 19 heavy (non-hydrogen) atoms. The van der Waals surface area contributed by atoms with Gasteiger partial charge < -0.3 is 15.4 Å². The van der Waals surface area contributed by atoms with E-state index in [1.54, 1.807) is 0 Å². The molecular formula is C16H30N2O. The summed E-state index contributed by atoms with van der Waals surface area (Å²) >= 11 is 0. The van der Waals surface area contributed by atoms with Gasteiger partial charge in [0.1, 0.15) is 0 Å². The Morgan fingerprint density at radius 1 is 1.11 bits per heavy atom. The predicted octanol–water partition coefficient (Wildman–Crippen LogP) is 2.54. The summed E-state index contributed by atoms with van der Waals surface area (Å²) in [5, 5.41) is 0. The van der Waals surface area contributed by atoms with E-state index < -0.39 is 0 Å². The third kappa shape index (κ3) is 3.14. The van der Waals surface area contributed by atoms with Crippen LogP contribution < -0.4 is 5.73 Å². The van der Waals surface area contributed by atoms with Gasteiger partial charge in [-0.25, -0.2) is 0 Å². The third-order valence-corrected chi connectivity index (χ3v) is 5.72. The van der Waals surface area contributed by atoms with Crippen LogP contribution in [0.5, 0.6) is 0 Å². The first-order chi connectivity index (χ1) is 9.31. The zero-order valence-electron chi connectivity index (χ0n) is 12.3. The Hall–Kier alpha value is -0.120. The second-order valence-electron chi connectivity index (χ2n) is 6.94. The summed E-state index contributed by atoms with van der Waals surface area (Å²) in [5.41, 5.74) is 5.96. The van der Waals surface area contributed by atoms with Gasteiger partial charge in [0.15, 0.2) is 0 Å². The lowest BCUT2D eigenvalue weighted by Crippen LogP contribution is -2.50. The Labute approximate surface area is 117 Å². The highest BCUT2D eigenvalue weighted by molar-refractivity contribution is 4.95. The second-order valence-corrected chi connectivity index (χ2v) is 6.94. The summed E-state index contributed by atoms with van der Waals surface area (Å²) < 4.78 is 6.16. The topological polar surface area (TPSA) is 38.5 Å². The molecule has 3 aliphatic rings. The van der Waals surface area contributed by atoms with Gasteiger partial charge in [-0.3, -0.25) is 0 Å². The number of rotatable bonds is 3. The van der Waals surface area contributed by atoms with E-state index in [0.717, 1.165) is 25.1 Å². The van der Waals surface area contributed by atoms with Crippen LogP contribution >= 0.6 is 0 Å². The minimum Gasteiger partial charge on any atom is -0.375 e. The highest BCUT2D eigenvalue weighted by atomic mass is 16.5. The molecule has 0 radical (unpaired) electrons. The molecule has 3 fully saturated rings. The Kier molecular flexibility index (Phi) is 4.45. The molecule has 110 valence electrons. The minimum atomic E-state index is 0.275. The molecule has 1 aliphatic carbocycles. The SMILES string of the molecule is NCCC1CCN(C2CCOC3(CCCC3)C2)CC1. The second kappa shape index (κ2) is 6.11. The van der Waals surface area contributed by atoms with Crippen LogP contribution in [0.3, 0.4) is 0 Å². The van der Waals surface area contributed by atoms with E-state index in [4.69, 9.17) is 10.5 Å². The van der Waals surface area contributed by atoms with Gasteiger partial charge in [0, 0.05) is 12.6 Å². The molecule has 3 rings (SSSR count). The van der Waals surface area contributed by atoms with Crippen molar-refractivity contribution in [3.63, 3.8) is 0 Å². The van der Waals surface area contributed by atoms with Crippen molar-refractivity contribution in [1.29, 1.82) is 0 Å². The van der Waals surface area contributed by atoms with Gasteiger partial charge in [0.05, 0.1) is 5.60 Å². The van der Waals surface area contributed by atoms with Gasteiger partial charge in [-0.15, -0.1) is 0 Å². The van der Waals surface area contributed by atoms with Crippen molar-refractivity contribution in [3.05, 3.63) is 0 Å². The van der Waals surface area contributed by atoms with Crippen molar-refractivity contribution in [2.45, 2.75) is 69.4 Å². The molecule has 0 bridgehead atoms. The van der Waals surface area contributed by atoms with Crippen LogP contribution in [0.25, 0.3) is 0 Å². The van der Waals surface area contributed by atoms with Crippen molar-refractivity contribution in [3.8, 4) is 0 Å². The average Bonchev–Trinajstić information content (AvgIpc) is 2.88. The van der Waals surface area contributed by atoms with Crippen LogP contribution in [0.1, 0.15) is 57.8 Å². The summed E-state index contributed by atoms with van der Waals surface area (Å²) in [6.07, 6.45) is 11.9. The first-order valence-electron chi connectivity index (χ1n) is 8.39. The molecule has 1 saturated carbocycles. The van der Waals surface area contributed by atoms with Crippen LogP contribution in [-0.4, -0.2) is 42.8 Å². The molecule has 1 unspecified atom stereocenters. The van der Waals surface area contributed by atoms with E-state index in [0.29, 0.717) is 0 Å². The van der Waals surface area contributed by atoms with Crippen molar-refractivity contribution in [1.82, 2.24) is 4.90 Å². The number of nitrogens with two attached hydrogens (primary N) is 1. The van der Waals surface area contributed by atoms with Gasteiger partial charge in [-0.2, -0.15) is 0 Å². The van der Waals surface area contributed by atoms with Gasteiger partial charge >= 0.3 is 0 Å². The van der Waals surface area contributed by atoms with E-state index in [9.17, 15) is 0 Å². The normalized spacial score (nSPS) is 33.0. The molecule has 2 heterocycles. The molecule has 0 aromatic heterocycles. The van der Waals surface area contributed by atoms with E-state index in [2.05, 4.69) is 4.90 Å².